The molecule has 0 saturated carbocycles. The predicted octanol–water partition coefficient (Wildman–Crippen LogP) is -0.842. The molecule has 0 aromatic heterocycles. The number of hydrogen-bond donors (Lipinski definition) is 5. The molecule has 4 atom stereocenters. The number of nitrogens with two attached hydrogens (primary N) is 1. The maximum absolute atomic E-state index is 12.3. The molecule has 0 bridgehead atoms. The maximum atomic E-state index is 12.3. The van der Waals surface area contributed by atoms with E-state index in [1.54, 1.807) is 13.8 Å². The van der Waals surface area contributed by atoms with Gasteiger partial charge in [-0.2, -0.15) is 11.8 Å². The molecule has 2 amide bonds. The van der Waals surface area contributed by atoms with E-state index in [0.717, 1.165) is 0 Å². The smallest absolute Gasteiger partial charge is 0.326 e. The van der Waals surface area contributed by atoms with E-state index < -0.39 is 42.0 Å². The Balaban J connectivity index is 4.91. The number of aliphatic hydroxyl groups is 1. The first-order valence-corrected chi connectivity index (χ1v) is 8.77. The highest BCUT2D eigenvalue weighted by Gasteiger charge is 2.30. The lowest BCUT2D eigenvalue weighted by molar-refractivity contribution is -0.142. The van der Waals surface area contributed by atoms with Crippen LogP contribution in [-0.4, -0.2) is 64.2 Å². The van der Waals surface area contributed by atoms with E-state index >= 15 is 0 Å². The van der Waals surface area contributed by atoms with Crippen LogP contribution in [0.5, 0.6) is 0 Å². The van der Waals surface area contributed by atoms with E-state index in [1.165, 1.54) is 18.7 Å². The van der Waals surface area contributed by atoms with Crippen molar-refractivity contribution in [2.75, 3.05) is 12.0 Å². The molecular weight excluding hydrogens is 322 g/mol. The summed E-state index contributed by atoms with van der Waals surface area (Å²) in [7, 11) is 0. The van der Waals surface area contributed by atoms with Crippen LogP contribution >= 0.6 is 11.8 Å². The van der Waals surface area contributed by atoms with Crippen LogP contribution < -0.4 is 16.4 Å². The van der Waals surface area contributed by atoms with Crippen LogP contribution in [0.4, 0.5) is 0 Å². The lowest BCUT2D eigenvalue weighted by Gasteiger charge is -2.25. The molecule has 0 aliphatic heterocycles. The molecule has 134 valence electrons. The molecule has 0 saturated heterocycles. The molecule has 0 fully saturated rings. The Morgan fingerprint density at radius 2 is 1.70 bits per heavy atom. The van der Waals surface area contributed by atoms with Gasteiger partial charge >= 0.3 is 5.97 Å². The molecule has 0 rings (SSSR count). The minimum Gasteiger partial charge on any atom is -0.480 e. The lowest BCUT2D eigenvalue weighted by Crippen LogP contribution is -2.57. The van der Waals surface area contributed by atoms with Gasteiger partial charge in [-0.25, -0.2) is 4.79 Å². The van der Waals surface area contributed by atoms with E-state index in [0.29, 0.717) is 5.75 Å². The molecule has 0 aromatic rings. The zero-order chi connectivity index (χ0) is 18.2. The summed E-state index contributed by atoms with van der Waals surface area (Å²) in [5, 5.41) is 23.4. The summed E-state index contributed by atoms with van der Waals surface area (Å²) >= 11 is 1.48. The van der Waals surface area contributed by atoms with Crippen molar-refractivity contribution in [3.63, 3.8) is 0 Å². The highest BCUT2D eigenvalue weighted by Crippen LogP contribution is 2.06. The van der Waals surface area contributed by atoms with Crippen molar-refractivity contribution < 1.29 is 24.6 Å². The van der Waals surface area contributed by atoms with Crippen molar-refractivity contribution in [1.82, 2.24) is 10.6 Å². The van der Waals surface area contributed by atoms with Gasteiger partial charge in [0.1, 0.15) is 18.1 Å². The molecule has 0 aliphatic rings. The molecule has 0 aliphatic carbocycles. The summed E-state index contributed by atoms with van der Waals surface area (Å²) in [4.78, 5) is 35.4. The second-order valence-corrected chi connectivity index (χ2v) is 6.66. The monoisotopic (exact) mass is 349 g/mol. The van der Waals surface area contributed by atoms with Crippen molar-refractivity contribution in [1.29, 1.82) is 0 Å². The Labute approximate surface area is 140 Å². The van der Waals surface area contributed by atoms with E-state index in [1.807, 2.05) is 6.26 Å². The quantitative estimate of drug-likeness (QED) is 0.346. The van der Waals surface area contributed by atoms with E-state index in [2.05, 4.69) is 10.6 Å². The van der Waals surface area contributed by atoms with E-state index in [9.17, 15) is 19.5 Å². The summed E-state index contributed by atoms with van der Waals surface area (Å²) < 4.78 is 0. The largest absolute Gasteiger partial charge is 0.480 e. The van der Waals surface area contributed by atoms with Gasteiger partial charge in [0.15, 0.2) is 0 Å². The number of nitrogens with one attached hydrogen (secondary N) is 2. The Hall–Kier alpha value is -1.32. The van der Waals surface area contributed by atoms with Crippen LogP contribution in [0, 0.1) is 5.92 Å². The number of carboxylic acids is 1. The first kappa shape index (κ1) is 21.7. The average Bonchev–Trinajstić information content (AvgIpc) is 2.46. The normalized spacial score (nSPS) is 16.3. The number of hydrogen-bond acceptors (Lipinski definition) is 6. The van der Waals surface area contributed by atoms with Gasteiger partial charge in [0.05, 0.1) is 6.10 Å². The van der Waals surface area contributed by atoms with E-state index in [-0.39, 0.29) is 12.3 Å². The molecule has 4 unspecified atom stereocenters. The van der Waals surface area contributed by atoms with Crippen LogP contribution in [0.15, 0.2) is 0 Å². The Morgan fingerprint density at radius 3 is 2.09 bits per heavy atom. The third-order valence-corrected chi connectivity index (χ3v) is 3.94. The fourth-order valence-corrected chi connectivity index (χ4v) is 2.23. The zero-order valence-electron chi connectivity index (χ0n) is 13.9. The van der Waals surface area contributed by atoms with E-state index in [4.69, 9.17) is 10.8 Å². The fraction of sp³-hybridized carbons (Fsp3) is 0.786. The molecule has 0 heterocycles. The van der Waals surface area contributed by atoms with Gasteiger partial charge in [-0.1, -0.05) is 13.8 Å². The van der Waals surface area contributed by atoms with Crippen LogP contribution in [0.3, 0.4) is 0 Å². The Morgan fingerprint density at radius 1 is 1.13 bits per heavy atom. The van der Waals surface area contributed by atoms with Gasteiger partial charge in [-0.3, -0.25) is 9.59 Å². The van der Waals surface area contributed by atoms with Gasteiger partial charge in [0.25, 0.3) is 0 Å². The SMILES string of the molecule is CSCCC(NC(=O)C(NC(=O)C(N)C(C)O)C(C)C)C(=O)O. The summed E-state index contributed by atoms with van der Waals surface area (Å²) in [6.45, 7) is 4.81. The number of carboxylic acid groups (broad SMARTS) is 1. The van der Waals surface area contributed by atoms with Crippen LogP contribution in [0.25, 0.3) is 0 Å². The second kappa shape index (κ2) is 10.5. The topological polar surface area (TPSA) is 142 Å². The highest BCUT2D eigenvalue weighted by molar-refractivity contribution is 7.98. The first-order chi connectivity index (χ1) is 10.6. The highest BCUT2D eigenvalue weighted by atomic mass is 32.2. The number of aliphatic carboxylic acids is 1. The van der Waals surface area contributed by atoms with Crippen molar-refractivity contribution >= 4 is 29.5 Å². The number of thioether (sulfide) groups is 1. The predicted molar refractivity (Wildman–Crippen MR) is 89.0 cm³/mol. The molecule has 9 heteroatoms. The standard InChI is InChI=1S/C14H27N3O5S/c1-7(2)11(17-12(19)10(15)8(3)18)13(20)16-9(14(21)22)5-6-23-4/h7-11,18H,5-6,15H2,1-4H3,(H,16,20)(H,17,19)(H,21,22). The number of rotatable bonds is 10. The fourth-order valence-electron chi connectivity index (χ4n) is 1.76. The van der Waals surface area contributed by atoms with Gasteiger partial charge in [-0.05, 0) is 31.3 Å². The molecule has 6 N–H and O–H groups in total. The summed E-state index contributed by atoms with van der Waals surface area (Å²) in [5.74, 6) is -2.05. The minimum absolute atomic E-state index is 0.268. The molecule has 23 heavy (non-hydrogen) atoms. The third kappa shape index (κ3) is 7.67. The molecule has 0 radical (unpaired) electrons. The Bertz CT molecular complexity index is 417. The second-order valence-electron chi connectivity index (χ2n) is 5.68. The van der Waals surface area contributed by atoms with Crippen LogP contribution in [-0.2, 0) is 14.4 Å². The van der Waals surface area contributed by atoms with Crippen molar-refractivity contribution in [2.45, 2.75) is 51.4 Å². The van der Waals surface area contributed by atoms with Gasteiger partial charge in [-0.15, -0.1) is 0 Å². The molecular formula is C14H27N3O5S. The molecule has 8 nitrogen and oxygen atoms in total. The minimum atomic E-state index is -1.16. The van der Waals surface area contributed by atoms with Crippen molar-refractivity contribution in [3.05, 3.63) is 0 Å². The zero-order valence-corrected chi connectivity index (χ0v) is 14.7. The molecule has 0 spiro atoms. The summed E-state index contributed by atoms with van der Waals surface area (Å²) in [5.41, 5.74) is 5.53. The van der Waals surface area contributed by atoms with Crippen LogP contribution in [0.1, 0.15) is 27.2 Å². The van der Waals surface area contributed by atoms with Gasteiger partial charge in [0, 0.05) is 0 Å². The number of carbonyl (C=O) groups excluding carboxylic acids is 2. The number of carbonyl (C=O) groups is 3. The van der Waals surface area contributed by atoms with Crippen molar-refractivity contribution in [3.8, 4) is 0 Å². The summed E-state index contributed by atoms with van der Waals surface area (Å²) in [6, 6.07) is -3.10. The van der Waals surface area contributed by atoms with Gasteiger partial charge in [0.2, 0.25) is 11.8 Å². The number of aliphatic hydroxyl groups excluding tert-OH is 1. The third-order valence-electron chi connectivity index (χ3n) is 3.29. The molecule has 0 aromatic carbocycles. The Kier molecular flexibility index (Phi) is 9.85. The maximum Gasteiger partial charge on any atom is 0.326 e. The van der Waals surface area contributed by atoms with Crippen molar-refractivity contribution in [2.24, 2.45) is 11.7 Å². The first-order valence-electron chi connectivity index (χ1n) is 7.37. The van der Waals surface area contributed by atoms with Gasteiger partial charge < -0.3 is 26.6 Å². The summed E-state index contributed by atoms with van der Waals surface area (Å²) in [6.07, 6.45) is 1.07. The van der Waals surface area contributed by atoms with Crippen LogP contribution in [0.2, 0.25) is 0 Å². The number of amides is 2. The lowest BCUT2D eigenvalue weighted by atomic mass is 10.0. The average molecular weight is 349 g/mol.